The molecule has 0 saturated carbocycles. The summed E-state index contributed by atoms with van der Waals surface area (Å²) in [7, 11) is 1.71. The van der Waals surface area contributed by atoms with Crippen LogP contribution in [0, 0.1) is 0 Å². The number of ether oxygens (including phenoxy) is 1. The second-order valence-corrected chi connectivity index (χ2v) is 8.58. The summed E-state index contributed by atoms with van der Waals surface area (Å²) in [5, 5.41) is 7.09. The van der Waals surface area contributed by atoms with E-state index < -0.39 is 0 Å². The fourth-order valence-corrected chi connectivity index (χ4v) is 4.03. The van der Waals surface area contributed by atoms with Gasteiger partial charge in [0.25, 0.3) is 0 Å². The number of hydrogen-bond donors (Lipinski definition) is 2. The number of benzene rings is 4. The molecule has 0 unspecified atom stereocenters. The summed E-state index contributed by atoms with van der Waals surface area (Å²) in [5.41, 5.74) is 7.79. The molecule has 2 N–H and O–H groups in total. The third-order valence-electron chi connectivity index (χ3n) is 6.06. The zero-order chi connectivity index (χ0) is 23.4. The van der Waals surface area contributed by atoms with Crippen LogP contribution in [0.25, 0.3) is 11.1 Å². The van der Waals surface area contributed by atoms with E-state index in [9.17, 15) is 0 Å². The summed E-state index contributed by atoms with van der Waals surface area (Å²) in [5.74, 6) is 0.917. The summed E-state index contributed by atoms with van der Waals surface area (Å²) in [4.78, 5) is 0. The molecule has 0 aliphatic carbocycles. The topological polar surface area (TPSA) is 33.3 Å². The Bertz CT molecular complexity index is 1120. The van der Waals surface area contributed by atoms with Crippen LogP contribution in [0.15, 0.2) is 103 Å². The first-order valence-electron chi connectivity index (χ1n) is 12.1. The van der Waals surface area contributed by atoms with Gasteiger partial charge in [-0.3, -0.25) is 0 Å². The van der Waals surface area contributed by atoms with Gasteiger partial charge in [0, 0.05) is 13.1 Å². The van der Waals surface area contributed by atoms with Crippen molar-refractivity contribution in [2.75, 3.05) is 20.2 Å². The van der Waals surface area contributed by atoms with Crippen LogP contribution < -0.4 is 15.4 Å². The Morgan fingerprint density at radius 1 is 0.529 bits per heavy atom. The van der Waals surface area contributed by atoms with E-state index in [-0.39, 0.29) is 0 Å². The molecule has 0 aliphatic heterocycles. The third kappa shape index (κ3) is 7.31. The Labute approximate surface area is 203 Å². The van der Waals surface area contributed by atoms with Crippen LogP contribution in [0.4, 0.5) is 0 Å². The van der Waals surface area contributed by atoms with Crippen LogP contribution in [0.1, 0.15) is 22.3 Å². The van der Waals surface area contributed by atoms with Gasteiger partial charge in [-0.15, -0.1) is 0 Å². The maximum atomic E-state index is 5.30. The summed E-state index contributed by atoms with van der Waals surface area (Å²) < 4.78 is 5.30. The Hall–Kier alpha value is -3.40. The van der Waals surface area contributed by atoms with Gasteiger partial charge in [-0.05, 0) is 71.4 Å². The standard InChI is InChI=1S/C31H34N2O/c1-34-31-9-5-8-26(22-31)19-21-33-24-28-12-16-30(17-13-28)29-14-10-27(11-15-29)23-32-20-18-25-6-3-2-4-7-25/h2-17,22,32-33H,18-21,23-24H2,1H3. The molecule has 4 rings (SSSR count). The molecule has 0 radical (unpaired) electrons. The highest BCUT2D eigenvalue weighted by Crippen LogP contribution is 2.20. The van der Waals surface area contributed by atoms with Crippen molar-refractivity contribution >= 4 is 0 Å². The van der Waals surface area contributed by atoms with Gasteiger partial charge in [0.15, 0.2) is 0 Å². The molecule has 174 valence electrons. The van der Waals surface area contributed by atoms with E-state index in [1.807, 2.05) is 12.1 Å². The molecule has 0 amide bonds. The summed E-state index contributed by atoms with van der Waals surface area (Å²) in [6.07, 6.45) is 2.05. The molecule has 4 aromatic rings. The molecule has 0 bridgehead atoms. The monoisotopic (exact) mass is 450 g/mol. The van der Waals surface area contributed by atoms with Crippen molar-refractivity contribution in [2.45, 2.75) is 25.9 Å². The number of rotatable bonds is 12. The van der Waals surface area contributed by atoms with E-state index in [0.29, 0.717) is 0 Å². The molecule has 0 aliphatic rings. The Kier molecular flexibility index (Phi) is 8.90. The maximum absolute atomic E-state index is 5.30. The van der Waals surface area contributed by atoms with Gasteiger partial charge >= 0.3 is 0 Å². The lowest BCUT2D eigenvalue weighted by atomic mass is 10.0. The quantitative estimate of drug-likeness (QED) is 0.259. The summed E-state index contributed by atoms with van der Waals surface area (Å²) >= 11 is 0. The van der Waals surface area contributed by atoms with Crippen molar-refractivity contribution in [3.8, 4) is 16.9 Å². The minimum atomic E-state index is 0.873. The Morgan fingerprint density at radius 3 is 1.62 bits per heavy atom. The molecule has 3 heteroatoms. The van der Waals surface area contributed by atoms with Gasteiger partial charge in [0.1, 0.15) is 5.75 Å². The van der Waals surface area contributed by atoms with E-state index in [1.165, 1.54) is 33.4 Å². The fourth-order valence-electron chi connectivity index (χ4n) is 4.03. The lowest BCUT2D eigenvalue weighted by molar-refractivity contribution is 0.414. The van der Waals surface area contributed by atoms with Gasteiger partial charge in [0.05, 0.1) is 7.11 Å². The van der Waals surface area contributed by atoms with Crippen LogP contribution >= 0.6 is 0 Å². The van der Waals surface area contributed by atoms with Crippen molar-refractivity contribution in [1.82, 2.24) is 10.6 Å². The fraction of sp³-hybridized carbons (Fsp3) is 0.226. The molecule has 0 fully saturated rings. The Morgan fingerprint density at radius 2 is 1.06 bits per heavy atom. The SMILES string of the molecule is COc1cccc(CCNCc2ccc(-c3ccc(CNCCc4ccccc4)cc3)cc2)c1. The molecule has 0 saturated heterocycles. The largest absolute Gasteiger partial charge is 0.497 e. The molecule has 34 heavy (non-hydrogen) atoms. The average molecular weight is 451 g/mol. The molecular weight excluding hydrogens is 416 g/mol. The normalized spacial score (nSPS) is 10.9. The van der Waals surface area contributed by atoms with Gasteiger partial charge in [-0.1, -0.05) is 91.0 Å². The molecule has 4 aromatic carbocycles. The van der Waals surface area contributed by atoms with Crippen molar-refractivity contribution in [3.05, 3.63) is 125 Å². The van der Waals surface area contributed by atoms with Gasteiger partial charge in [-0.25, -0.2) is 0 Å². The van der Waals surface area contributed by atoms with Crippen LogP contribution in [0.3, 0.4) is 0 Å². The second kappa shape index (κ2) is 12.7. The van der Waals surface area contributed by atoms with Crippen LogP contribution in [-0.2, 0) is 25.9 Å². The van der Waals surface area contributed by atoms with E-state index in [2.05, 4.69) is 102 Å². The predicted octanol–water partition coefficient (Wildman–Crippen LogP) is 6.03. The highest BCUT2D eigenvalue weighted by Gasteiger charge is 2.01. The first-order chi connectivity index (χ1) is 16.8. The Balaban J connectivity index is 1.19. The van der Waals surface area contributed by atoms with E-state index in [4.69, 9.17) is 4.74 Å². The smallest absolute Gasteiger partial charge is 0.119 e. The molecule has 0 heterocycles. The number of methoxy groups -OCH3 is 1. The van der Waals surface area contributed by atoms with Crippen molar-refractivity contribution in [1.29, 1.82) is 0 Å². The van der Waals surface area contributed by atoms with E-state index in [1.54, 1.807) is 7.11 Å². The van der Waals surface area contributed by atoms with Crippen molar-refractivity contribution < 1.29 is 4.74 Å². The first-order valence-corrected chi connectivity index (χ1v) is 12.1. The van der Waals surface area contributed by atoms with Crippen LogP contribution in [-0.4, -0.2) is 20.2 Å². The summed E-state index contributed by atoms with van der Waals surface area (Å²) in [6, 6.07) is 36.6. The highest BCUT2D eigenvalue weighted by molar-refractivity contribution is 5.64. The second-order valence-electron chi connectivity index (χ2n) is 8.58. The third-order valence-corrected chi connectivity index (χ3v) is 6.06. The average Bonchev–Trinajstić information content (AvgIpc) is 2.91. The lowest BCUT2D eigenvalue weighted by Gasteiger charge is -2.09. The molecule has 0 aromatic heterocycles. The lowest BCUT2D eigenvalue weighted by Crippen LogP contribution is -2.16. The minimum absolute atomic E-state index is 0.873. The molecule has 0 spiro atoms. The first kappa shape index (κ1) is 23.7. The van der Waals surface area contributed by atoms with Crippen LogP contribution in [0.2, 0.25) is 0 Å². The number of nitrogens with one attached hydrogen (secondary N) is 2. The van der Waals surface area contributed by atoms with Gasteiger partial charge in [-0.2, -0.15) is 0 Å². The molecule has 0 atom stereocenters. The van der Waals surface area contributed by atoms with Gasteiger partial charge in [0.2, 0.25) is 0 Å². The van der Waals surface area contributed by atoms with Crippen LogP contribution in [0.5, 0.6) is 5.75 Å². The zero-order valence-corrected chi connectivity index (χ0v) is 20.0. The van der Waals surface area contributed by atoms with Crippen molar-refractivity contribution in [3.63, 3.8) is 0 Å². The van der Waals surface area contributed by atoms with E-state index in [0.717, 1.165) is 44.8 Å². The molecular formula is C31H34N2O. The van der Waals surface area contributed by atoms with Crippen molar-refractivity contribution in [2.24, 2.45) is 0 Å². The minimum Gasteiger partial charge on any atom is -0.497 e. The highest BCUT2D eigenvalue weighted by atomic mass is 16.5. The van der Waals surface area contributed by atoms with E-state index >= 15 is 0 Å². The maximum Gasteiger partial charge on any atom is 0.119 e. The number of hydrogen-bond acceptors (Lipinski definition) is 3. The zero-order valence-electron chi connectivity index (χ0n) is 20.0. The predicted molar refractivity (Wildman–Crippen MR) is 142 cm³/mol. The molecule has 3 nitrogen and oxygen atoms in total. The van der Waals surface area contributed by atoms with Gasteiger partial charge < -0.3 is 15.4 Å². The summed E-state index contributed by atoms with van der Waals surface area (Å²) in [6.45, 7) is 3.70.